The van der Waals surface area contributed by atoms with Crippen LogP contribution in [0.5, 0.6) is 0 Å². The van der Waals surface area contributed by atoms with Crippen LogP contribution < -0.4 is 5.32 Å². The lowest BCUT2D eigenvalue weighted by Gasteiger charge is -2.43. The van der Waals surface area contributed by atoms with Crippen molar-refractivity contribution in [3.8, 4) is 0 Å². The van der Waals surface area contributed by atoms with E-state index in [9.17, 15) is 30.5 Å². The lowest BCUT2D eigenvalue weighted by Crippen LogP contribution is -2.63. The van der Waals surface area contributed by atoms with E-state index in [0.29, 0.717) is 44.9 Å². The molecule has 208 valence electrons. The Morgan fingerprint density at radius 1 is 1.22 bits per heavy atom. The van der Waals surface area contributed by atoms with E-state index in [0.717, 1.165) is 25.8 Å². The van der Waals surface area contributed by atoms with Gasteiger partial charge in [0.2, 0.25) is 0 Å². The molecule has 1 aromatic rings. The fourth-order valence-corrected chi connectivity index (χ4v) is 4.46. The van der Waals surface area contributed by atoms with E-state index < -0.39 is 29.3 Å². The zero-order chi connectivity index (χ0) is 27.2. The van der Waals surface area contributed by atoms with Gasteiger partial charge in [-0.05, 0) is 50.4 Å². The summed E-state index contributed by atoms with van der Waals surface area (Å²) in [6, 6.07) is 3.60. The van der Waals surface area contributed by atoms with Gasteiger partial charge in [-0.3, -0.25) is 15.0 Å². The fraction of sp³-hybridized carbons (Fsp3) is 0.739. The number of β-amino-alcohol motifs (C(OH)–C–C–N with tert-alkyl or cyclic N) is 1. The first-order valence-corrected chi connectivity index (χ1v) is 12.5. The number of piperidine rings is 1. The number of nitrogens with zero attached hydrogens (tertiary/aromatic N) is 6. The Kier molecular flexibility index (Phi) is 13.5. The van der Waals surface area contributed by atoms with Crippen LogP contribution in [0.25, 0.3) is 10.4 Å². The number of ether oxygens (including phenoxy) is 1. The maximum Gasteiger partial charge on any atom is 0.292 e. The molecule has 1 aliphatic rings. The molecule has 1 aliphatic heterocycles. The number of hydrogen-bond acceptors (Lipinski definition) is 11. The van der Waals surface area contributed by atoms with Gasteiger partial charge in [-0.25, -0.2) is 0 Å². The zero-order valence-electron chi connectivity index (χ0n) is 21.2. The summed E-state index contributed by atoms with van der Waals surface area (Å²) in [4.78, 5) is 17.6. The van der Waals surface area contributed by atoms with Gasteiger partial charge in [0.25, 0.3) is 5.69 Å². The van der Waals surface area contributed by atoms with Crippen LogP contribution in [0.1, 0.15) is 25.7 Å². The number of anilines is 1. The highest BCUT2D eigenvalue weighted by atomic mass is 16.6. The maximum atomic E-state index is 11.4. The summed E-state index contributed by atoms with van der Waals surface area (Å²) in [6.45, 7) is 3.63. The minimum absolute atomic E-state index is 0.155. The van der Waals surface area contributed by atoms with Crippen LogP contribution in [-0.4, -0.2) is 119 Å². The van der Waals surface area contributed by atoms with E-state index in [-0.39, 0.29) is 24.5 Å². The molecule has 1 heterocycles. The highest BCUT2D eigenvalue weighted by Gasteiger charge is 2.40. The van der Waals surface area contributed by atoms with Crippen LogP contribution in [0.15, 0.2) is 23.3 Å². The molecule has 0 bridgehead atoms. The SMILES string of the molecule is COCCCCCN(CCCNc1ccc(N=[N+]=[N-])cc1[N+](=O)[O-])CCN1C[C@H](O)[C@@H](O)[C@H](O)[C@H]1CO. The Morgan fingerprint density at radius 3 is 2.65 bits per heavy atom. The summed E-state index contributed by atoms with van der Waals surface area (Å²) in [5.74, 6) is 0. The second-order valence-corrected chi connectivity index (χ2v) is 9.12. The lowest BCUT2D eigenvalue weighted by molar-refractivity contribution is -0.383. The van der Waals surface area contributed by atoms with Crippen molar-refractivity contribution >= 4 is 17.1 Å². The molecule has 4 atom stereocenters. The molecule has 0 amide bonds. The van der Waals surface area contributed by atoms with Crippen LogP contribution in [0, 0.1) is 10.1 Å². The smallest absolute Gasteiger partial charge is 0.292 e. The second-order valence-electron chi connectivity index (χ2n) is 9.12. The first kappa shape index (κ1) is 30.7. The molecule has 14 nitrogen and oxygen atoms in total. The average molecular weight is 526 g/mol. The van der Waals surface area contributed by atoms with Crippen LogP contribution in [0.3, 0.4) is 0 Å². The molecule has 0 saturated carbocycles. The Morgan fingerprint density at radius 2 is 1.97 bits per heavy atom. The molecule has 14 heteroatoms. The van der Waals surface area contributed by atoms with Crippen molar-refractivity contribution < 1.29 is 30.1 Å². The molecular weight excluding hydrogens is 486 g/mol. The van der Waals surface area contributed by atoms with E-state index >= 15 is 0 Å². The van der Waals surface area contributed by atoms with E-state index in [1.54, 1.807) is 12.0 Å². The molecule has 2 rings (SSSR count). The minimum atomic E-state index is -1.29. The van der Waals surface area contributed by atoms with Crippen molar-refractivity contribution in [3.63, 3.8) is 0 Å². The molecule has 0 unspecified atom stereocenters. The predicted molar refractivity (Wildman–Crippen MR) is 138 cm³/mol. The van der Waals surface area contributed by atoms with Crippen LogP contribution in [-0.2, 0) is 4.74 Å². The Bertz CT molecular complexity index is 887. The monoisotopic (exact) mass is 525 g/mol. The number of benzene rings is 1. The van der Waals surface area contributed by atoms with Crippen LogP contribution >= 0.6 is 0 Å². The first-order valence-electron chi connectivity index (χ1n) is 12.5. The quantitative estimate of drug-likeness (QED) is 0.0491. The van der Waals surface area contributed by atoms with Crippen molar-refractivity contribution in [2.24, 2.45) is 5.11 Å². The molecule has 0 aliphatic carbocycles. The number of methoxy groups -OCH3 is 1. The molecule has 1 aromatic carbocycles. The first-order chi connectivity index (χ1) is 17.8. The summed E-state index contributed by atoms with van der Waals surface area (Å²) in [7, 11) is 1.67. The average Bonchev–Trinajstić information content (AvgIpc) is 2.88. The lowest BCUT2D eigenvalue weighted by atomic mass is 9.94. The molecule has 1 fully saturated rings. The van der Waals surface area contributed by atoms with Crippen molar-refractivity contribution in [3.05, 3.63) is 38.8 Å². The van der Waals surface area contributed by atoms with Crippen molar-refractivity contribution in [2.75, 3.05) is 64.9 Å². The van der Waals surface area contributed by atoms with E-state index in [1.165, 1.54) is 18.2 Å². The fourth-order valence-electron chi connectivity index (χ4n) is 4.46. The number of unbranched alkanes of at least 4 members (excludes halogenated alkanes) is 2. The summed E-state index contributed by atoms with van der Waals surface area (Å²) in [5, 5.41) is 57.9. The van der Waals surface area contributed by atoms with Gasteiger partial charge in [-0.1, -0.05) is 11.2 Å². The molecule has 37 heavy (non-hydrogen) atoms. The minimum Gasteiger partial charge on any atom is -0.395 e. The van der Waals surface area contributed by atoms with Gasteiger partial charge in [0, 0.05) is 56.6 Å². The van der Waals surface area contributed by atoms with Gasteiger partial charge < -0.3 is 35.4 Å². The largest absolute Gasteiger partial charge is 0.395 e. The molecule has 0 radical (unpaired) electrons. The molecular formula is C23H39N7O7. The number of nitrogens with one attached hydrogen (secondary N) is 1. The predicted octanol–water partition coefficient (Wildman–Crippen LogP) is 1.22. The number of nitro benzene ring substituents is 1. The summed E-state index contributed by atoms with van der Waals surface area (Å²) in [6.07, 6.45) is -0.0137. The summed E-state index contributed by atoms with van der Waals surface area (Å²) >= 11 is 0. The molecule has 5 N–H and O–H groups in total. The number of azide groups is 1. The third-order valence-corrected chi connectivity index (χ3v) is 6.55. The maximum absolute atomic E-state index is 11.4. The number of nitro groups is 1. The van der Waals surface area contributed by atoms with E-state index in [1.807, 2.05) is 0 Å². The Labute approximate surface area is 216 Å². The number of rotatable bonds is 17. The standard InChI is InChI=1S/C23H39N7O7/c1-37-13-4-2-3-9-28(11-12-29-15-21(32)23(34)22(33)20(29)16-31)10-5-8-25-18-7-6-17(26-27-24)14-19(18)30(35)36/h6-7,14,20-23,25,31-34H,2-5,8-13,15-16H2,1H3/t20-,21+,22-,23-/m1/s1. The zero-order valence-corrected chi connectivity index (χ0v) is 21.2. The summed E-state index contributed by atoms with van der Waals surface area (Å²) in [5.41, 5.74) is 8.89. The highest BCUT2D eigenvalue weighted by Crippen LogP contribution is 2.29. The normalized spacial score (nSPS) is 22.1. The number of aliphatic hydroxyl groups is 4. The van der Waals surface area contributed by atoms with E-state index in [4.69, 9.17) is 10.3 Å². The number of aliphatic hydroxyl groups excluding tert-OH is 4. The second kappa shape index (κ2) is 16.3. The van der Waals surface area contributed by atoms with Gasteiger partial charge in [-0.2, -0.15) is 0 Å². The third kappa shape index (κ3) is 9.68. The Hall–Kier alpha value is -2.55. The van der Waals surface area contributed by atoms with Gasteiger partial charge in [0.1, 0.15) is 17.9 Å². The highest BCUT2D eigenvalue weighted by molar-refractivity contribution is 5.66. The summed E-state index contributed by atoms with van der Waals surface area (Å²) < 4.78 is 5.11. The molecule has 1 saturated heterocycles. The third-order valence-electron chi connectivity index (χ3n) is 6.55. The number of hydrogen-bond donors (Lipinski definition) is 5. The van der Waals surface area contributed by atoms with Gasteiger partial charge in [0.05, 0.1) is 23.7 Å². The van der Waals surface area contributed by atoms with Crippen molar-refractivity contribution in [2.45, 2.75) is 50.0 Å². The van der Waals surface area contributed by atoms with Gasteiger partial charge in [0.15, 0.2) is 0 Å². The van der Waals surface area contributed by atoms with Crippen LogP contribution in [0.2, 0.25) is 0 Å². The van der Waals surface area contributed by atoms with Crippen molar-refractivity contribution in [1.29, 1.82) is 0 Å². The molecule has 0 aromatic heterocycles. The van der Waals surface area contributed by atoms with Gasteiger partial charge in [-0.15, -0.1) is 0 Å². The topological polar surface area (TPSA) is 201 Å². The van der Waals surface area contributed by atoms with E-state index in [2.05, 4.69) is 20.2 Å². The van der Waals surface area contributed by atoms with Crippen LogP contribution in [0.4, 0.5) is 17.1 Å². The van der Waals surface area contributed by atoms with Crippen molar-refractivity contribution in [1.82, 2.24) is 9.80 Å². The molecule has 0 spiro atoms. The Balaban J connectivity index is 1.94. The van der Waals surface area contributed by atoms with Gasteiger partial charge >= 0.3 is 0 Å². The number of likely N-dealkylation sites (tertiary alicyclic amines) is 1.